The molecule has 4 rings (SSSR count). The van der Waals surface area contributed by atoms with Gasteiger partial charge < -0.3 is 14.8 Å². The number of rotatable bonds is 4. The molecule has 1 saturated heterocycles. The van der Waals surface area contributed by atoms with Crippen LogP contribution in [0.4, 0.5) is 0 Å². The Hall–Kier alpha value is -1.78. The molecule has 0 radical (unpaired) electrons. The first-order valence-electron chi connectivity index (χ1n) is 9.95. The summed E-state index contributed by atoms with van der Waals surface area (Å²) in [6.45, 7) is 7.70. The van der Waals surface area contributed by atoms with Gasteiger partial charge in [-0.3, -0.25) is 9.59 Å². The first-order valence-corrected chi connectivity index (χ1v) is 9.95. The number of aryl methyl sites for hydroxylation is 1. The third-order valence-corrected chi connectivity index (χ3v) is 7.07. The number of carbonyl (C=O) groups excluding carboxylic acids is 2. The van der Waals surface area contributed by atoms with Crippen LogP contribution < -0.4 is 5.32 Å². The van der Waals surface area contributed by atoms with Gasteiger partial charge in [-0.15, -0.1) is 0 Å². The summed E-state index contributed by atoms with van der Waals surface area (Å²) in [6.07, 6.45) is 5.39. The topological polar surface area (TPSA) is 54.3 Å². The van der Waals surface area contributed by atoms with Crippen molar-refractivity contribution in [1.82, 2.24) is 14.8 Å². The molecule has 26 heavy (non-hydrogen) atoms. The molecule has 1 N–H and O–H groups in total. The van der Waals surface area contributed by atoms with Gasteiger partial charge in [0.2, 0.25) is 5.91 Å². The summed E-state index contributed by atoms with van der Waals surface area (Å²) in [5, 5.41) is 3.17. The molecular weight excluding hydrogens is 326 g/mol. The number of nitrogens with zero attached hydrogens (tertiary/aromatic N) is 2. The SMILES string of the molecule is Cc1ccc(C(=O)N2CC3(CC3)CC2CNC(=O)C2(C)CC(C)C2)n1C. The molecule has 2 aliphatic carbocycles. The van der Waals surface area contributed by atoms with E-state index in [-0.39, 0.29) is 23.3 Å². The van der Waals surface area contributed by atoms with Gasteiger partial charge in [0.25, 0.3) is 5.91 Å². The van der Waals surface area contributed by atoms with Gasteiger partial charge in [0, 0.05) is 31.2 Å². The summed E-state index contributed by atoms with van der Waals surface area (Å²) in [5.41, 5.74) is 1.95. The van der Waals surface area contributed by atoms with Crippen LogP contribution in [-0.4, -0.2) is 40.4 Å². The molecule has 142 valence electrons. The third kappa shape index (κ3) is 2.85. The van der Waals surface area contributed by atoms with Crippen molar-refractivity contribution < 1.29 is 9.59 Å². The highest BCUT2D eigenvalue weighted by Crippen LogP contribution is 2.55. The second-order valence-electron chi connectivity index (χ2n) is 9.49. The molecule has 0 aromatic carbocycles. The van der Waals surface area contributed by atoms with Gasteiger partial charge in [-0.2, -0.15) is 0 Å². The van der Waals surface area contributed by atoms with Gasteiger partial charge >= 0.3 is 0 Å². The fraction of sp³-hybridized carbons (Fsp3) is 0.714. The molecule has 5 nitrogen and oxygen atoms in total. The first-order chi connectivity index (χ1) is 12.2. The lowest BCUT2D eigenvalue weighted by Crippen LogP contribution is -2.50. The number of carbonyl (C=O) groups is 2. The van der Waals surface area contributed by atoms with E-state index in [1.165, 1.54) is 12.8 Å². The second kappa shape index (κ2) is 5.86. The fourth-order valence-electron chi connectivity index (χ4n) is 5.19. The van der Waals surface area contributed by atoms with Crippen LogP contribution in [-0.2, 0) is 11.8 Å². The fourth-order valence-corrected chi connectivity index (χ4v) is 5.19. The third-order valence-electron chi connectivity index (χ3n) is 7.07. The second-order valence-corrected chi connectivity index (χ2v) is 9.49. The van der Waals surface area contributed by atoms with E-state index in [4.69, 9.17) is 0 Å². The summed E-state index contributed by atoms with van der Waals surface area (Å²) >= 11 is 0. The summed E-state index contributed by atoms with van der Waals surface area (Å²) < 4.78 is 1.96. The average Bonchev–Trinajstić information content (AvgIpc) is 3.10. The van der Waals surface area contributed by atoms with Crippen LogP contribution in [0.3, 0.4) is 0 Å². The zero-order valence-corrected chi connectivity index (χ0v) is 16.5. The first kappa shape index (κ1) is 17.6. The highest BCUT2D eigenvalue weighted by molar-refractivity contribution is 5.93. The van der Waals surface area contributed by atoms with Crippen LogP contribution in [0.2, 0.25) is 0 Å². The Morgan fingerprint density at radius 1 is 1.23 bits per heavy atom. The lowest BCUT2D eigenvalue weighted by atomic mass is 9.63. The average molecular weight is 357 g/mol. The Kier molecular flexibility index (Phi) is 3.97. The van der Waals surface area contributed by atoms with Crippen molar-refractivity contribution in [3.8, 4) is 0 Å². The molecule has 2 saturated carbocycles. The Morgan fingerprint density at radius 3 is 2.46 bits per heavy atom. The molecule has 1 atom stereocenters. The van der Waals surface area contributed by atoms with Crippen molar-refractivity contribution >= 4 is 11.8 Å². The lowest BCUT2D eigenvalue weighted by molar-refractivity contribution is -0.137. The standard InChI is InChI=1S/C21H31N3O2/c1-14-9-20(3,10-14)19(26)22-12-16-11-21(7-8-21)13-24(16)18(25)17-6-5-15(2)23(17)4/h5-6,14,16H,7-13H2,1-4H3,(H,22,26). The maximum Gasteiger partial charge on any atom is 0.270 e. The van der Waals surface area contributed by atoms with Crippen LogP contribution in [0.1, 0.15) is 62.1 Å². The summed E-state index contributed by atoms with van der Waals surface area (Å²) in [5.74, 6) is 0.909. The zero-order valence-electron chi connectivity index (χ0n) is 16.5. The number of likely N-dealkylation sites (tertiary alicyclic amines) is 1. The predicted octanol–water partition coefficient (Wildman–Crippen LogP) is 2.88. The minimum atomic E-state index is -0.209. The molecule has 1 spiro atoms. The van der Waals surface area contributed by atoms with Crippen LogP contribution in [0.25, 0.3) is 0 Å². The molecule has 1 unspecified atom stereocenters. The highest BCUT2D eigenvalue weighted by Gasteiger charge is 2.53. The molecule has 1 aromatic heterocycles. The normalized spacial score (nSPS) is 31.8. The van der Waals surface area contributed by atoms with E-state index in [9.17, 15) is 9.59 Å². The van der Waals surface area contributed by atoms with Gasteiger partial charge in [-0.1, -0.05) is 13.8 Å². The zero-order chi connectivity index (χ0) is 18.7. The highest BCUT2D eigenvalue weighted by atomic mass is 16.2. The van der Waals surface area contributed by atoms with Crippen molar-refractivity contribution in [1.29, 1.82) is 0 Å². The van der Waals surface area contributed by atoms with E-state index in [0.717, 1.165) is 37.2 Å². The molecule has 3 fully saturated rings. The van der Waals surface area contributed by atoms with Crippen LogP contribution >= 0.6 is 0 Å². The minimum Gasteiger partial charge on any atom is -0.354 e. The summed E-state index contributed by atoms with van der Waals surface area (Å²) in [7, 11) is 1.95. The van der Waals surface area contributed by atoms with E-state index in [1.54, 1.807) is 0 Å². The van der Waals surface area contributed by atoms with Crippen molar-refractivity contribution in [2.75, 3.05) is 13.1 Å². The maximum atomic E-state index is 13.2. The van der Waals surface area contributed by atoms with Gasteiger partial charge in [0.15, 0.2) is 0 Å². The van der Waals surface area contributed by atoms with Crippen molar-refractivity contribution in [3.63, 3.8) is 0 Å². The molecule has 2 amide bonds. The van der Waals surface area contributed by atoms with Crippen LogP contribution in [0.15, 0.2) is 12.1 Å². The Balaban J connectivity index is 1.45. The minimum absolute atomic E-state index is 0.104. The van der Waals surface area contributed by atoms with E-state index >= 15 is 0 Å². The Labute approximate surface area is 156 Å². The van der Waals surface area contributed by atoms with E-state index in [0.29, 0.717) is 17.9 Å². The number of hydrogen-bond donors (Lipinski definition) is 1. The van der Waals surface area contributed by atoms with Crippen molar-refractivity contribution in [3.05, 3.63) is 23.5 Å². The number of hydrogen-bond acceptors (Lipinski definition) is 2. The van der Waals surface area contributed by atoms with E-state index in [1.807, 2.05) is 35.6 Å². The molecule has 3 aliphatic rings. The predicted molar refractivity (Wildman–Crippen MR) is 101 cm³/mol. The van der Waals surface area contributed by atoms with Crippen molar-refractivity contribution in [2.24, 2.45) is 23.8 Å². The quantitative estimate of drug-likeness (QED) is 0.901. The Bertz CT molecular complexity index is 740. The molecule has 1 aliphatic heterocycles. The molecule has 2 heterocycles. The van der Waals surface area contributed by atoms with E-state index in [2.05, 4.69) is 19.2 Å². The number of aromatic nitrogens is 1. The van der Waals surface area contributed by atoms with Gasteiger partial charge in [-0.25, -0.2) is 0 Å². The lowest BCUT2D eigenvalue weighted by Gasteiger charge is -2.42. The molecule has 0 bridgehead atoms. The summed E-state index contributed by atoms with van der Waals surface area (Å²) in [4.78, 5) is 27.8. The van der Waals surface area contributed by atoms with E-state index < -0.39 is 0 Å². The maximum absolute atomic E-state index is 13.2. The molecule has 5 heteroatoms. The monoisotopic (exact) mass is 357 g/mol. The smallest absolute Gasteiger partial charge is 0.270 e. The van der Waals surface area contributed by atoms with Crippen LogP contribution in [0, 0.1) is 23.7 Å². The summed E-state index contributed by atoms with van der Waals surface area (Å²) in [6, 6.07) is 4.03. The molecular formula is C21H31N3O2. The van der Waals surface area contributed by atoms with Gasteiger partial charge in [0.05, 0.1) is 6.04 Å². The van der Waals surface area contributed by atoms with Gasteiger partial charge in [0.1, 0.15) is 5.69 Å². The number of amides is 2. The molecule has 1 aromatic rings. The van der Waals surface area contributed by atoms with Gasteiger partial charge in [-0.05, 0) is 62.5 Å². The van der Waals surface area contributed by atoms with Crippen molar-refractivity contribution in [2.45, 2.75) is 58.9 Å². The van der Waals surface area contributed by atoms with Crippen LogP contribution in [0.5, 0.6) is 0 Å². The Morgan fingerprint density at radius 2 is 1.92 bits per heavy atom. The largest absolute Gasteiger partial charge is 0.354 e. The number of nitrogens with one attached hydrogen (secondary N) is 1.